The van der Waals surface area contributed by atoms with E-state index in [0.717, 1.165) is 29.8 Å². The van der Waals surface area contributed by atoms with E-state index in [4.69, 9.17) is 4.74 Å². The van der Waals surface area contributed by atoms with Crippen LogP contribution in [0.15, 0.2) is 29.6 Å². The van der Waals surface area contributed by atoms with Crippen LogP contribution in [-0.4, -0.2) is 30.9 Å². The molecule has 0 radical (unpaired) electrons. The molecule has 1 aliphatic rings. The maximum atomic E-state index is 14.2. The smallest absolute Gasteiger partial charge is 0.177 e. The molecule has 2 aromatic rings. The van der Waals surface area contributed by atoms with Crippen LogP contribution in [0.2, 0.25) is 0 Å². The lowest BCUT2D eigenvalue weighted by Gasteiger charge is -2.32. The highest BCUT2D eigenvalue weighted by molar-refractivity contribution is 7.12. The van der Waals surface area contributed by atoms with Crippen LogP contribution in [0.3, 0.4) is 0 Å². The van der Waals surface area contributed by atoms with Crippen molar-refractivity contribution in [2.45, 2.75) is 26.3 Å². The van der Waals surface area contributed by atoms with Crippen LogP contribution in [0.4, 0.5) is 4.39 Å². The van der Waals surface area contributed by atoms with Crippen LogP contribution in [0, 0.1) is 18.7 Å². The van der Waals surface area contributed by atoms with E-state index in [2.05, 4.69) is 4.90 Å². The molecule has 1 fully saturated rings. The average Bonchev–Trinajstić information content (AvgIpc) is 3.02. The molecule has 3 rings (SSSR count). The molecule has 5 heteroatoms. The van der Waals surface area contributed by atoms with Crippen molar-refractivity contribution in [3.8, 4) is 5.75 Å². The lowest BCUT2D eigenvalue weighted by molar-refractivity contribution is 0.0814. The molecule has 0 amide bonds. The third-order valence-corrected chi connectivity index (χ3v) is 5.65. The Morgan fingerprint density at radius 1 is 1.42 bits per heavy atom. The van der Waals surface area contributed by atoms with Crippen molar-refractivity contribution in [2.24, 2.45) is 5.92 Å². The Balaban J connectivity index is 1.68. The molecular weight excluding hydrogens is 325 g/mol. The molecule has 1 aromatic heterocycles. The summed E-state index contributed by atoms with van der Waals surface area (Å²) in [6, 6.07) is 6.95. The number of hydrogen-bond acceptors (Lipinski definition) is 4. The molecular formula is C19H22FNO2S. The monoisotopic (exact) mass is 347 g/mol. The van der Waals surface area contributed by atoms with Gasteiger partial charge in [-0.25, -0.2) is 4.39 Å². The second kappa shape index (κ2) is 7.45. The van der Waals surface area contributed by atoms with Crippen molar-refractivity contribution >= 4 is 17.1 Å². The molecule has 2 heterocycles. The molecule has 1 aromatic carbocycles. The summed E-state index contributed by atoms with van der Waals surface area (Å²) in [7, 11) is 1.53. The first-order chi connectivity index (χ1) is 11.6. The predicted octanol–water partition coefficient (Wildman–Crippen LogP) is 4.30. The van der Waals surface area contributed by atoms with Gasteiger partial charge in [0, 0.05) is 30.6 Å². The number of halogens is 1. The van der Waals surface area contributed by atoms with E-state index in [0.29, 0.717) is 24.4 Å². The van der Waals surface area contributed by atoms with Gasteiger partial charge in [-0.05, 0) is 49.4 Å². The van der Waals surface area contributed by atoms with Crippen molar-refractivity contribution in [1.29, 1.82) is 0 Å². The van der Waals surface area contributed by atoms with Gasteiger partial charge in [0.05, 0.1) is 12.0 Å². The van der Waals surface area contributed by atoms with Crippen molar-refractivity contribution in [3.05, 3.63) is 51.5 Å². The van der Waals surface area contributed by atoms with E-state index in [1.54, 1.807) is 12.1 Å². The number of nitrogens with zero attached hydrogens (tertiary/aromatic N) is 1. The molecule has 128 valence electrons. The van der Waals surface area contributed by atoms with Gasteiger partial charge in [-0.3, -0.25) is 9.69 Å². The third-order valence-electron chi connectivity index (χ3n) is 4.62. The van der Waals surface area contributed by atoms with E-state index in [1.165, 1.54) is 24.5 Å². The van der Waals surface area contributed by atoms with Gasteiger partial charge < -0.3 is 4.74 Å². The number of ketones is 1. The Labute approximate surface area is 146 Å². The zero-order valence-electron chi connectivity index (χ0n) is 14.0. The predicted molar refractivity (Wildman–Crippen MR) is 94.3 cm³/mol. The van der Waals surface area contributed by atoms with Gasteiger partial charge in [0.2, 0.25) is 0 Å². The Morgan fingerprint density at radius 3 is 2.92 bits per heavy atom. The number of piperidine rings is 1. The first-order valence-electron chi connectivity index (χ1n) is 8.21. The fourth-order valence-corrected chi connectivity index (χ4v) is 4.19. The van der Waals surface area contributed by atoms with Gasteiger partial charge in [0.1, 0.15) is 11.6 Å². The summed E-state index contributed by atoms with van der Waals surface area (Å²) in [6.45, 7) is 4.11. The summed E-state index contributed by atoms with van der Waals surface area (Å²) >= 11 is 1.52. The zero-order chi connectivity index (χ0) is 17.1. The number of carbonyl (C=O) groups excluding carboxylic acids is 1. The first kappa shape index (κ1) is 17.1. The molecule has 0 aliphatic carbocycles. The van der Waals surface area contributed by atoms with E-state index >= 15 is 0 Å². The Hall–Kier alpha value is -1.72. The zero-order valence-corrected chi connectivity index (χ0v) is 14.9. The fourth-order valence-electron chi connectivity index (χ4n) is 3.25. The highest BCUT2D eigenvalue weighted by Gasteiger charge is 2.28. The third kappa shape index (κ3) is 3.68. The molecule has 0 unspecified atom stereocenters. The molecule has 1 saturated heterocycles. The maximum Gasteiger partial charge on any atom is 0.177 e. The van der Waals surface area contributed by atoms with E-state index in [9.17, 15) is 9.18 Å². The van der Waals surface area contributed by atoms with E-state index in [-0.39, 0.29) is 17.5 Å². The molecule has 0 spiro atoms. The van der Waals surface area contributed by atoms with Gasteiger partial charge in [-0.15, -0.1) is 11.3 Å². The van der Waals surface area contributed by atoms with Crippen molar-refractivity contribution in [1.82, 2.24) is 4.90 Å². The van der Waals surface area contributed by atoms with Crippen LogP contribution in [0.5, 0.6) is 5.75 Å². The number of likely N-dealkylation sites (tertiary alicyclic amines) is 1. The topological polar surface area (TPSA) is 29.5 Å². The SMILES string of the molecule is COc1ccc(CN2CCC[C@H](C(=O)c3sccc3C)C2)c(F)c1. The number of methoxy groups -OCH3 is 1. The molecule has 1 atom stereocenters. The summed E-state index contributed by atoms with van der Waals surface area (Å²) in [5.41, 5.74) is 1.71. The van der Waals surface area contributed by atoms with Gasteiger partial charge in [-0.1, -0.05) is 6.07 Å². The summed E-state index contributed by atoms with van der Waals surface area (Å²) in [5, 5.41) is 1.97. The largest absolute Gasteiger partial charge is 0.497 e. The second-order valence-electron chi connectivity index (χ2n) is 6.33. The normalized spacial score (nSPS) is 18.5. The quantitative estimate of drug-likeness (QED) is 0.755. The number of Topliss-reactive ketones (excluding diaryl/α,β-unsaturated/α-hetero) is 1. The first-order valence-corrected chi connectivity index (χ1v) is 9.09. The number of benzene rings is 1. The van der Waals surface area contributed by atoms with Crippen LogP contribution in [-0.2, 0) is 6.54 Å². The average molecular weight is 347 g/mol. The lowest BCUT2D eigenvalue weighted by Crippen LogP contribution is -2.38. The highest BCUT2D eigenvalue weighted by atomic mass is 32.1. The number of rotatable bonds is 5. The Bertz CT molecular complexity index is 728. The summed E-state index contributed by atoms with van der Waals surface area (Å²) in [6.07, 6.45) is 1.89. The Morgan fingerprint density at radius 2 is 2.25 bits per heavy atom. The van der Waals surface area contributed by atoms with E-state index in [1.807, 2.05) is 18.4 Å². The van der Waals surface area contributed by atoms with Crippen molar-refractivity contribution in [2.75, 3.05) is 20.2 Å². The highest BCUT2D eigenvalue weighted by Crippen LogP contribution is 2.27. The van der Waals surface area contributed by atoms with E-state index < -0.39 is 0 Å². The standard InChI is InChI=1S/C19H22FNO2S/c1-13-7-9-24-19(13)18(22)15-4-3-8-21(12-15)11-14-5-6-16(23-2)10-17(14)20/h5-7,9-10,15H,3-4,8,11-12H2,1-2H3/t15-/m0/s1. The maximum absolute atomic E-state index is 14.2. The second-order valence-corrected chi connectivity index (χ2v) is 7.24. The fraction of sp³-hybridized carbons (Fsp3) is 0.421. The van der Waals surface area contributed by atoms with Gasteiger partial charge in [0.15, 0.2) is 5.78 Å². The number of thiophene rings is 1. The lowest BCUT2D eigenvalue weighted by atomic mass is 9.92. The molecule has 3 nitrogen and oxygen atoms in total. The van der Waals surface area contributed by atoms with Crippen molar-refractivity contribution in [3.63, 3.8) is 0 Å². The molecule has 24 heavy (non-hydrogen) atoms. The number of carbonyl (C=O) groups is 1. The number of aryl methyl sites for hydroxylation is 1. The van der Waals surface area contributed by atoms with Gasteiger partial charge in [0.25, 0.3) is 0 Å². The van der Waals surface area contributed by atoms with Crippen molar-refractivity contribution < 1.29 is 13.9 Å². The summed E-state index contributed by atoms with van der Waals surface area (Å²) in [4.78, 5) is 15.8. The molecule has 0 saturated carbocycles. The molecule has 0 bridgehead atoms. The van der Waals surface area contributed by atoms with Gasteiger partial charge >= 0.3 is 0 Å². The minimum Gasteiger partial charge on any atom is -0.497 e. The van der Waals surface area contributed by atoms with Gasteiger partial charge in [-0.2, -0.15) is 0 Å². The summed E-state index contributed by atoms with van der Waals surface area (Å²) < 4.78 is 19.2. The number of ether oxygens (including phenoxy) is 1. The van der Waals surface area contributed by atoms with Crippen LogP contribution < -0.4 is 4.74 Å². The minimum atomic E-state index is -0.253. The summed E-state index contributed by atoms with van der Waals surface area (Å²) in [5.74, 6) is 0.521. The molecule has 0 N–H and O–H groups in total. The molecule has 1 aliphatic heterocycles. The Kier molecular flexibility index (Phi) is 5.31. The number of hydrogen-bond donors (Lipinski definition) is 0. The van der Waals surface area contributed by atoms with Crippen LogP contribution in [0.1, 0.15) is 33.6 Å². The minimum absolute atomic E-state index is 0.0115. The van der Waals surface area contributed by atoms with Crippen LogP contribution >= 0.6 is 11.3 Å². The van der Waals surface area contributed by atoms with Crippen LogP contribution in [0.25, 0.3) is 0 Å².